The number of ketones is 1. The molecule has 2 heterocycles. The van der Waals surface area contributed by atoms with Crippen LogP contribution < -0.4 is 26.4 Å². The molecule has 2 aromatic carbocycles. The van der Waals surface area contributed by atoms with Gasteiger partial charge in [0.05, 0.1) is 31.8 Å². The van der Waals surface area contributed by atoms with Crippen molar-refractivity contribution in [3.05, 3.63) is 94.4 Å². The van der Waals surface area contributed by atoms with Gasteiger partial charge in [-0.25, -0.2) is 0 Å². The molecule has 3 amide bonds. The number of primary amides is 1. The Bertz CT molecular complexity index is 1910. The van der Waals surface area contributed by atoms with E-state index >= 15 is 0 Å². The molecule has 0 fully saturated rings. The molecule has 2 aliphatic heterocycles. The lowest BCUT2D eigenvalue weighted by molar-refractivity contribution is -0.438. The lowest BCUT2D eigenvalue weighted by Gasteiger charge is -2.32. The minimum Gasteiger partial charge on any atom is -0.871 e. The Morgan fingerprint density at radius 2 is 1.44 bits per heavy atom. The third kappa shape index (κ3) is 8.66. The van der Waals surface area contributed by atoms with Gasteiger partial charge in [-0.15, -0.1) is 0 Å². The van der Waals surface area contributed by atoms with Gasteiger partial charge in [-0.1, -0.05) is 56.0 Å². The summed E-state index contributed by atoms with van der Waals surface area (Å²) in [5.41, 5.74) is 10.8. The van der Waals surface area contributed by atoms with Crippen molar-refractivity contribution in [2.24, 2.45) is 5.73 Å². The van der Waals surface area contributed by atoms with E-state index in [0.29, 0.717) is 58.9 Å². The summed E-state index contributed by atoms with van der Waals surface area (Å²) < 4.78 is 13.1. The van der Waals surface area contributed by atoms with E-state index in [9.17, 15) is 24.3 Å². The fraction of sp³-hybridized carbons (Fsp3) is 0.452. The zero-order valence-corrected chi connectivity index (χ0v) is 32.1. The van der Waals surface area contributed by atoms with Crippen molar-refractivity contribution in [1.82, 2.24) is 10.6 Å². The van der Waals surface area contributed by atoms with Crippen molar-refractivity contribution in [2.45, 2.75) is 71.1 Å². The Labute approximate surface area is 317 Å². The minimum atomic E-state index is -0.516. The van der Waals surface area contributed by atoms with Crippen LogP contribution in [0.1, 0.15) is 71.4 Å². The molecule has 0 bridgehead atoms. The highest BCUT2D eigenvalue weighted by Crippen LogP contribution is 2.49. The number of hydrogen-bond acceptors (Lipinski definition) is 8. The smallest absolute Gasteiger partial charge is 0.220 e. The Morgan fingerprint density at radius 3 is 2.07 bits per heavy atom. The number of ether oxygens (including phenoxy) is 2. The number of fused-ring (bicyclic) bond motifs is 2. The molecule has 5 rings (SSSR count). The normalized spacial score (nSPS) is 18.2. The van der Waals surface area contributed by atoms with Crippen molar-refractivity contribution in [3.8, 4) is 0 Å². The van der Waals surface area contributed by atoms with Gasteiger partial charge in [0.2, 0.25) is 23.4 Å². The Balaban J connectivity index is 1.15. The van der Waals surface area contributed by atoms with E-state index in [1.165, 1.54) is 5.56 Å². The van der Waals surface area contributed by atoms with Gasteiger partial charge in [0.1, 0.15) is 6.54 Å². The van der Waals surface area contributed by atoms with Crippen LogP contribution in [-0.4, -0.2) is 86.4 Å². The van der Waals surface area contributed by atoms with E-state index in [2.05, 4.69) is 72.9 Å². The number of nitrogens with two attached hydrogens (primary N) is 1. The summed E-state index contributed by atoms with van der Waals surface area (Å²) in [6, 6.07) is 16.3. The zero-order chi connectivity index (χ0) is 39.0. The van der Waals surface area contributed by atoms with Crippen LogP contribution in [0.25, 0.3) is 0 Å². The molecule has 3 aliphatic rings. The van der Waals surface area contributed by atoms with E-state index < -0.39 is 11.3 Å². The maximum absolute atomic E-state index is 13.7. The van der Waals surface area contributed by atoms with Crippen LogP contribution in [0.3, 0.4) is 0 Å². The number of nitrogens with zero attached hydrogens (tertiary/aromatic N) is 2. The zero-order valence-electron chi connectivity index (χ0n) is 32.1. The molecule has 0 atom stereocenters. The molecule has 288 valence electrons. The number of para-hydroxylation sites is 2. The maximum Gasteiger partial charge on any atom is 0.220 e. The first kappa shape index (κ1) is 40.1. The SMILES string of the molecule is CCN1/C(=C/C2=C([O-])C(=C\C3=[N+](CCCC(=O)NCCOCCOCCNC(=O)CCC(N)=O)c4ccccc4C3(C)C)/C2=O)C(C)(C)c2ccccc21. The van der Waals surface area contributed by atoms with Crippen LogP contribution in [-0.2, 0) is 39.5 Å². The molecule has 0 unspecified atom stereocenters. The fourth-order valence-corrected chi connectivity index (χ4v) is 7.41. The molecule has 1 aliphatic carbocycles. The number of amides is 3. The number of Topliss-reactive ketones (excluding diaryl/α,β-unsaturated/α-hetero) is 1. The van der Waals surface area contributed by atoms with Crippen LogP contribution in [0.2, 0.25) is 0 Å². The van der Waals surface area contributed by atoms with Crippen LogP contribution in [0.5, 0.6) is 0 Å². The van der Waals surface area contributed by atoms with E-state index in [0.717, 1.165) is 34.9 Å². The van der Waals surface area contributed by atoms with Gasteiger partial charge in [-0.3, -0.25) is 19.2 Å². The molecular weight excluding hydrogens is 686 g/mol. The van der Waals surface area contributed by atoms with Crippen LogP contribution >= 0.6 is 0 Å². The summed E-state index contributed by atoms with van der Waals surface area (Å²) in [5.74, 6) is -1.35. The first-order valence-corrected chi connectivity index (χ1v) is 18.8. The van der Waals surface area contributed by atoms with Crippen LogP contribution in [0.4, 0.5) is 11.4 Å². The molecule has 54 heavy (non-hydrogen) atoms. The quantitative estimate of drug-likeness (QED) is 0.112. The third-order valence-electron chi connectivity index (χ3n) is 10.3. The van der Waals surface area contributed by atoms with Gasteiger partial charge in [0, 0.05) is 91.0 Å². The summed E-state index contributed by atoms with van der Waals surface area (Å²) in [6.07, 6.45) is 4.49. The van der Waals surface area contributed by atoms with Crippen LogP contribution in [0.15, 0.2) is 83.3 Å². The average molecular weight is 740 g/mol. The first-order chi connectivity index (χ1) is 25.8. The Kier molecular flexibility index (Phi) is 12.9. The Hall–Kier alpha value is -5.07. The molecule has 0 spiro atoms. The second-order valence-corrected chi connectivity index (χ2v) is 14.7. The fourth-order valence-electron chi connectivity index (χ4n) is 7.41. The van der Waals surface area contributed by atoms with Gasteiger partial charge in [0.15, 0.2) is 11.5 Å². The minimum absolute atomic E-state index is 0.0137. The number of carbonyl (C=O) groups excluding carboxylic acids is 4. The van der Waals surface area contributed by atoms with Gasteiger partial charge >= 0.3 is 0 Å². The highest BCUT2D eigenvalue weighted by molar-refractivity contribution is 6.24. The number of benzene rings is 2. The topological polar surface area (TPSA) is 166 Å². The number of anilines is 1. The predicted octanol–water partition coefficient (Wildman–Crippen LogP) is 3.20. The highest BCUT2D eigenvalue weighted by Gasteiger charge is 2.46. The van der Waals surface area contributed by atoms with E-state index in [4.69, 9.17) is 15.2 Å². The van der Waals surface area contributed by atoms with Gasteiger partial charge in [-0.2, -0.15) is 4.58 Å². The highest BCUT2D eigenvalue weighted by atomic mass is 16.5. The number of nitrogens with one attached hydrogen (secondary N) is 2. The first-order valence-electron chi connectivity index (χ1n) is 18.8. The van der Waals surface area contributed by atoms with Crippen molar-refractivity contribution < 1.29 is 38.3 Å². The third-order valence-corrected chi connectivity index (χ3v) is 10.3. The molecule has 12 heteroatoms. The molecule has 2 aromatic rings. The van der Waals surface area contributed by atoms with Crippen molar-refractivity contribution >= 4 is 40.6 Å². The molecular formula is C42H53N5O7. The summed E-state index contributed by atoms with van der Waals surface area (Å²) in [7, 11) is 0. The summed E-state index contributed by atoms with van der Waals surface area (Å²) in [6.45, 7) is 13.8. The van der Waals surface area contributed by atoms with Gasteiger partial charge < -0.3 is 35.8 Å². The standard InChI is InChI=1S/C42H53N5O7/c1-6-46-32-14-9-7-12-30(32)41(2,3)34(46)26-28-39(51)29(40(28)52)27-35-42(4,5)31-13-8-10-15-33(31)47(35)21-11-16-37(49)44-19-22-53-24-25-54-23-20-45-38(50)18-17-36(43)48/h7-10,12-15,26-27H,6,11,16-25H2,1-5H3,(H4-,43,44,45,48,49,50,51,52). The number of hydrogen-bond donors (Lipinski definition) is 3. The number of likely N-dealkylation sites (N-methyl/N-ethyl adjacent to an activating group) is 1. The summed E-state index contributed by atoms with van der Waals surface area (Å²) in [5, 5.41) is 19.2. The number of rotatable bonds is 19. The molecule has 12 nitrogen and oxygen atoms in total. The molecule has 4 N–H and O–H groups in total. The van der Waals surface area contributed by atoms with E-state index in [-0.39, 0.29) is 52.8 Å². The summed E-state index contributed by atoms with van der Waals surface area (Å²) >= 11 is 0. The van der Waals surface area contributed by atoms with Crippen molar-refractivity contribution in [3.63, 3.8) is 0 Å². The molecule has 0 aromatic heterocycles. The maximum atomic E-state index is 13.7. The molecule has 0 radical (unpaired) electrons. The second kappa shape index (κ2) is 17.4. The summed E-state index contributed by atoms with van der Waals surface area (Å²) in [4.78, 5) is 50.8. The lowest BCUT2D eigenvalue weighted by atomic mass is 9.77. The van der Waals surface area contributed by atoms with E-state index in [1.807, 2.05) is 30.3 Å². The van der Waals surface area contributed by atoms with Crippen molar-refractivity contribution in [1.29, 1.82) is 0 Å². The molecule has 0 saturated carbocycles. The Morgan fingerprint density at radius 1 is 0.833 bits per heavy atom. The number of carbonyl (C=O) groups is 4. The van der Waals surface area contributed by atoms with Gasteiger partial charge in [0.25, 0.3) is 0 Å². The number of allylic oxidation sites excluding steroid dienone is 5. The molecule has 0 saturated heterocycles. The van der Waals surface area contributed by atoms with Crippen molar-refractivity contribution in [2.75, 3.05) is 57.5 Å². The van der Waals surface area contributed by atoms with Crippen LogP contribution in [0, 0.1) is 0 Å². The average Bonchev–Trinajstić information content (AvgIpc) is 3.50. The monoisotopic (exact) mass is 739 g/mol. The largest absolute Gasteiger partial charge is 0.871 e. The second-order valence-electron chi connectivity index (χ2n) is 14.7. The lowest BCUT2D eigenvalue weighted by Crippen LogP contribution is -2.35. The van der Waals surface area contributed by atoms with E-state index in [1.54, 1.807) is 12.2 Å². The van der Waals surface area contributed by atoms with Gasteiger partial charge in [-0.05, 0) is 38.5 Å². The predicted molar refractivity (Wildman–Crippen MR) is 205 cm³/mol.